The third kappa shape index (κ3) is 2.75. The first-order valence-corrected chi connectivity index (χ1v) is 9.47. The highest BCUT2D eigenvalue weighted by atomic mass is 35.5. The number of nitrogens with one attached hydrogen (secondary N) is 1. The van der Waals surface area contributed by atoms with Gasteiger partial charge in [-0.1, -0.05) is 29.8 Å². The fraction of sp³-hybridized carbons (Fsp3) is 0.300. The first-order chi connectivity index (χ1) is 12.8. The monoisotopic (exact) mass is 401 g/mol. The van der Waals surface area contributed by atoms with Crippen molar-refractivity contribution in [2.75, 3.05) is 19.0 Å². The van der Waals surface area contributed by atoms with Crippen LogP contribution in [0, 0.1) is 5.92 Å². The number of halogens is 1. The predicted molar refractivity (Wildman–Crippen MR) is 110 cm³/mol. The normalized spacial score (nSPS) is 25.9. The summed E-state index contributed by atoms with van der Waals surface area (Å²) in [6.07, 6.45) is 0. The van der Waals surface area contributed by atoms with E-state index in [0.717, 1.165) is 11.3 Å². The molecule has 0 saturated carbocycles. The van der Waals surface area contributed by atoms with Crippen LogP contribution in [0.3, 0.4) is 0 Å². The summed E-state index contributed by atoms with van der Waals surface area (Å²) >= 11 is 11.9. The minimum absolute atomic E-state index is 0.0379. The van der Waals surface area contributed by atoms with Gasteiger partial charge in [0.15, 0.2) is 10.8 Å². The molecule has 2 aliphatic heterocycles. The lowest BCUT2D eigenvalue weighted by Crippen LogP contribution is -2.72. The highest BCUT2D eigenvalue weighted by molar-refractivity contribution is 7.80. The first-order valence-electron chi connectivity index (χ1n) is 8.68. The van der Waals surface area contributed by atoms with Gasteiger partial charge < -0.3 is 15.0 Å². The zero-order valence-electron chi connectivity index (χ0n) is 15.3. The van der Waals surface area contributed by atoms with Gasteiger partial charge >= 0.3 is 0 Å². The lowest BCUT2D eigenvalue weighted by Gasteiger charge is -2.56. The molecule has 1 N–H and O–H groups in total. The molecule has 2 aliphatic rings. The maximum absolute atomic E-state index is 13.2. The van der Waals surface area contributed by atoms with Crippen LogP contribution in [0.5, 0.6) is 5.75 Å². The number of carbonyl (C=O) groups excluding carboxylic acids is 1. The van der Waals surface area contributed by atoms with Crippen LogP contribution in [0.4, 0.5) is 5.69 Å². The first kappa shape index (κ1) is 18.1. The van der Waals surface area contributed by atoms with Gasteiger partial charge in [0, 0.05) is 30.4 Å². The molecule has 2 bridgehead atoms. The van der Waals surface area contributed by atoms with E-state index in [1.165, 1.54) is 0 Å². The number of para-hydroxylation sites is 1. The third-order valence-corrected chi connectivity index (χ3v) is 5.72. The zero-order valence-corrected chi connectivity index (χ0v) is 16.8. The molecule has 2 aromatic rings. The van der Waals surface area contributed by atoms with Crippen molar-refractivity contribution in [3.8, 4) is 5.75 Å². The van der Waals surface area contributed by atoms with Crippen molar-refractivity contribution in [1.82, 2.24) is 10.2 Å². The Morgan fingerprint density at radius 1 is 1.26 bits per heavy atom. The lowest BCUT2D eigenvalue weighted by molar-refractivity contribution is -0.144. The van der Waals surface area contributed by atoms with Crippen LogP contribution in [-0.2, 0) is 4.79 Å². The van der Waals surface area contributed by atoms with Gasteiger partial charge in [0.1, 0.15) is 11.7 Å². The number of carbonyl (C=O) groups is 1. The van der Waals surface area contributed by atoms with E-state index >= 15 is 0 Å². The van der Waals surface area contributed by atoms with E-state index in [9.17, 15) is 4.79 Å². The van der Waals surface area contributed by atoms with Crippen molar-refractivity contribution < 1.29 is 9.53 Å². The molecule has 1 saturated heterocycles. The zero-order chi connectivity index (χ0) is 19.3. The van der Waals surface area contributed by atoms with E-state index in [-0.39, 0.29) is 11.9 Å². The van der Waals surface area contributed by atoms with Gasteiger partial charge in [-0.2, -0.15) is 0 Å². The van der Waals surface area contributed by atoms with Crippen molar-refractivity contribution in [1.29, 1.82) is 0 Å². The second kappa shape index (κ2) is 6.39. The van der Waals surface area contributed by atoms with Crippen molar-refractivity contribution in [2.24, 2.45) is 5.92 Å². The summed E-state index contributed by atoms with van der Waals surface area (Å²) in [6.45, 7) is 1.92. The predicted octanol–water partition coefficient (Wildman–Crippen LogP) is 3.59. The minimum Gasteiger partial charge on any atom is -0.467 e. The highest BCUT2D eigenvalue weighted by Crippen LogP contribution is 2.50. The number of fused-ring (bicyclic) bond motifs is 4. The number of thiocarbonyl (C=S) groups is 1. The molecule has 140 valence electrons. The molecular formula is C20H20ClN3O2S. The number of ether oxygens (including phenoxy) is 1. The molecule has 0 unspecified atom stereocenters. The molecular weight excluding hydrogens is 382 g/mol. The van der Waals surface area contributed by atoms with Crippen molar-refractivity contribution in [3.05, 3.63) is 59.1 Å². The molecule has 0 spiro atoms. The molecule has 1 amide bonds. The second-order valence-corrected chi connectivity index (χ2v) is 7.97. The fourth-order valence-electron chi connectivity index (χ4n) is 3.98. The van der Waals surface area contributed by atoms with Gasteiger partial charge in [-0.05, 0) is 49.5 Å². The van der Waals surface area contributed by atoms with Gasteiger partial charge in [-0.25, -0.2) is 0 Å². The average molecular weight is 402 g/mol. The number of hydrogen-bond donors (Lipinski definition) is 1. The summed E-state index contributed by atoms with van der Waals surface area (Å²) in [5, 5.41) is 4.47. The van der Waals surface area contributed by atoms with E-state index < -0.39 is 11.6 Å². The lowest BCUT2D eigenvalue weighted by atomic mass is 9.78. The SMILES string of the molecule is CN(C)C(=O)[C@H]1[C@H]2NC(=S)N(c3ccccc3)[C@@]1(C)Oc1ccc(Cl)cc12. The Morgan fingerprint density at radius 3 is 2.63 bits per heavy atom. The van der Waals surface area contributed by atoms with Crippen LogP contribution in [0.25, 0.3) is 0 Å². The second-order valence-electron chi connectivity index (χ2n) is 7.15. The molecule has 0 aliphatic carbocycles. The summed E-state index contributed by atoms with van der Waals surface area (Å²) in [6, 6.07) is 14.9. The Kier molecular flexibility index (Phi) is 4.28. The molecule has 4 rings (SSSR count). The molecule has 0 radical (unpaired) electrons. The van der Waals surface area contributed by atoms with Crippen LogP contribution in [0.2, 0.25) is 5.02 Å². The molecule has 27 heavy (non-hydrogen) atoms. The minimum atomic E-state index is -0.976. The number of amides is 1. The Balaban J connectivity index is 1.93. The molecule has 2 heterocycles. The van der Waals surface area contributed by atoms with Gasteiger partial charge in [-0.15, -0.1) is 0 Å². The fourth-order valence-corrected chi connectivity index (χ4v) is 4.57. The number of rotatable bonds is 2. The van der Waals surface area contributed by atoms with Crippen molar-refractivity contribution >= 4 is 40.5 Å². The van der Waals surface area contributed by atoms with E-state index in [1.807, 2.05) is 54.3 Å². The summed E-state index contributed by atoms with van der Waals surface area (Å²) in [5.74, 6) is 0.153. The third-order valence-electron chi connectivity index (χ3n) is 5.18. The number of benzene rings is 2. The largest absolute Gasteiger partial charge is 0.467 e. The Labute approximate surface area is 168 Å². The summed E-state index contributed by atoms with van der Waals surface area (Å²) < 4.78 is 6.46. The van der Waals surface area contributed by atoms with E-state index in [1.54, 1.807) is 25.1 Å². The molecule has 2 aromatic carbocycles. The maximum Gasteiger partial charge on any atom is 0.233 e. The molecule has 0 aromatic heterocycles. The number of hydrogen-bond acceptors (Lipinski definition) is 3. The van der Waals surface area contributed by atoms with Crippen LogP contribution in [0.1, 0.15) is 18.5 Å². The van der Waals surface area contributed by atoms with E-state index in [0.29, 0.717) is 15.9 Å². The van der Waals surface area contributed by atoms with Crippen molar-refractivity contribution in [3.63, 3.8) is 0 Å². The van der Waals surface area contributed by atoms with Crippen LogP contribution >= 0.6 is 23.8 Å². The van der Waals surface area contributed by atoms with E-state index in [2.05, 4.69) is 5.32 Å². The molecule has 1 fully saturated rings. The number of nitrogens with zero attached hydrogens (tertiary/aromatic N) is 2. The van der Waals surface area contributed by atoms with Crippen LogP contribution < -0.4 is 15.0 Å². The summed E-state index contributed by atoms with van der Waals surface area (Å²) in [7, 11) is 3.50. The molecule has 5 nitrogen and oxygen atoms in total. The Bertz CT molecular complexity index is 921. The molecule has 3 atom stereocenters. The standard InChI is InChI=1S/C20H20ClN3O2S/c1-20-16(18(25)23(2)3)17(14-11-12(21)9-10-15(14)26-20)22-19(27)24(20)13-7-5-4-6-8-13/h4-11,16-17H,1-3H3,(H,22,27)/t16-,17+,20+/m1/s1. The van der Waals surface area contributed by atoms with Crippen LogP contribution in [-0.4, -0.2) is 35.7 Å². The smallest absolute Gasteiger partial charge is 0.233 e. The highest BCUT2D eigenvalue weighted by Gasteiger charge is 2.59. The number of anilines is 1. The Morgan fingerprint density at radius 2 is 1.96 bits per heavy atom. The maximum atomic E-state index is 13.2. The van der Waals surface area contributed by atoms with E-state index in [4.69, 9.17) is 28.6 Å². The quantitative estimate of drug-likeness (QED) is 0.779. The van der Waals surface area contributed by atoms with Crippen LogP contribution in [0.15, 0.2) is 48.5 Å². The van der Waals surface area contributed by atoms with Gasteiger partial charge in [-0.3, -0.25) is 9.69 Å². The van der Waals surface area contributed by atoms with Gasteiger partial charge in [0.2, 0.25) is 5.91 Å². The summed E-state index contributed by atoms with van der Waals surface area (Å²) in [5.41, 5.74) is 0.733. The Hall–Kier alpha value is -2.31. The van der Waals surface area contributed by atoms with Gasteiger partial charge in [0.05, 0.1) is 6.04 Å². The van der Waals surface area contributed by atoms with Crippen molar-refractivity contribution in [2.45, 2.75) is 18.7 Å². The topological polar surface area (TPSA) is 44.8 Å². The summed E-state index contributed by atoms with van der Waals surface area (Å²) in [4.78, 5) is 16.7. The molecule has 7 heteroatoms. The van der Waals surface area contributed by atoms with Gasteiger partial charge in [0.25, 0.3) is 0 Å². The average Bonchev–Trinajstić information content (AvgIpc) is 2.62.